The van der Waals surface area contributed by atoms with Gasteiger partial charge >= 0.3 is 0 Å². The summed E-state index contributed by atoms with van der Waals surface area (Å²) < 4.78 is 10.7. The van der Waals surface area contributed by atoms with Crippen LogP contribution in [0.5, 0.6) is 0 Å². The van der Waals surface area contributed by atoms with E-state index in [9.17, 15) is 0 Å². The molecular weight excluding hydrogens is 192 g/mol. The zero-order valence-electron chi connectivity index (χ0n) is 9.32. The van der Waals surface area contributed by atoms with Crippen LogP contribution in [0.25, 0.3) is 0 Å². The third-order valence-electron chi connectivity index (χ3n) is 2.69. The highest BCUT2D eigenvalue weighted by molar-refractivity contribution is 5.26. The van der Waals surface area contributed by atoms with Gasteiger partial charge in [-0.3, -0.25) is 0 Å². The van der Waals surface area contributed by atoms with E-state index >= 15 is 0 Å². The van der Waals surface area contributed by atoms with Gasteiger partial charge in [-0.2, -0.15) is 0 Å². The van der Waals surface area contributed by atoms with Gasteiger partial charge in [-0.25, -0.2) is 0 Å². The topological polar surface area (TPSA) is 61.3 Å². The van der Waals surface area contributed by atoms with Crippen LogP contribution in [0, 0.1) is 5.92 Å². The molecule has 0 aliphatic carbocycles. The van der Waals surface area contributed by atoms with Crippen molar-refractivity contribution in [1.29, 1.82) is 0 Å². The first-order valence-electron chi connectivity index (χ1n) is 5.49. The molecule has 0 aromatic carbocycles. The van der Waals surface area contributed by atoms with Crippen LogP contribution in [-0.4, -0.2) is 11.8 Å². The van der Waals surface area contributed by atoms with E-state index in [1.165, 1.54) is 0 Å². The minimum absolute atomic E-state index is 0.0528. The molecule has 0 fully saturated rings. The van der Waals surface area contributed by atoms with Crippen molar-refractivity contribution in [2.45, 2.75) is 39.3 Å². The molecular formula is C11H18N2O2. The lowest BCUT2D eigenvalue weighted by molar-refractivity contribution is 0.109. The van der Waals surface area contributed by atoms with E-state index in [4.69, 9.17) is 15.0 Å². The minimum Gasteiger partial charge on any atom is -0.376 e. The molecule has 1 aliphatic rings. The molecule has 0 bridgehead atoms. The van der Waals surface area contributed by atoms with Gasteiger partial charge in [0, 0.05) is 12.0 Å². The van der Waals surface area contributed by atoms with Gasteiger partial charge in [0.05, 0.1) is 24.9 Å². The van der Waals surface area contributed by atoms with Gasteiger partial charge < -0.3 is 15.0 Å². The third-order valence-corrected chi connectivity index (χ3v) is 2.69. The van der Waals surface area contributed by atoms with Crippen molar-refractivity contribution in [2.75, 3.05) is 6.61 Å². The first kappa shape index (κ1) is 10.6. The minimum atomic E-state index is -0.0528. The predicted molar refractivity (Wildman–Crippen MR) is 56.2 cm³/mol. The highest BCUT2D eigenvalue weighted by Crippen LogP contribution is 2.27. The summed E-state index contributed by atoms with van der Waals surface area (Å²) in [5.74, 6) is 1.38. The van der Waals surface area contributed by atoms with Crippen LogP contribution in [-0.2, 0) is 17.8 Å². The van der Waals surface area contributed by atoms with Gasteiger partial charge in [-0.15, -0.1) is 0 Å². The molecule has 2 N–H and O–H groups in total. The normalized spacial score (nSPS) is 17.9. The molecule has 0 amide bonds. The molecule has 1 aromatic rings. The average Bonchev–Trinajstić information content (AvgIpc) is 2.59. The molecule has 2 heterocycles. The van der Waals surface area contributed by atoms with Gasteiger partial charge in [0.2, 0.25) is 0 Å². The Labute approximate surface area is 89.8 Å². The molecule has 2 rings (SSSR count). The van der Waals surface area contributed by atoms with Gasteiger partial charge in [-0.1, -0.05) is 19.0 Å². The number of nitrogens with zero attached hydrogens (tertiary/aromatic N) is 1. The summed E-state index contributed by atoms with van der Waals surface area (Å²) in [7, 11) is 0. The smallest absolute Gasteiger partial charge is 0.159 e. The summed E-state index contributed by atoms with van der Waals surface area (Å²) in [5, 5.41) is 4.05. The van der Waals surface area contributed by atoms with E-state index in [1.807, 2.05) is 0 Å². The number of aromatic nitrogens is 1. The van der Waals surface area contributed by atoms with E-state index in [0.717, 1.165) is 36.5 Å². The van der Waals surface area contributed by atoms with Gasteiger partial charge in [0.25, 0.3) is 0 Å². The SMILES string of the molecule is CC(C)C[C@@H](N)c1onc2c1COCC2. The molecule has 0 unspecified atom stereocenters. The van der Waals surface area contributed by atoms with Gasteiger partial charge in [0.15, 0.2) is 5.76 Å². The van der Waals surface area contributed by atoms with Crippen LogP contribution < -0.4 is 5.73 Å². The summed E-state index contributed by atoms with van der Waals surface area (Å²) in [6.07, 6.45) is 1.76. The fraction of sp³-hybridized carbons (Fsp3) is 0.727. The Balaban J connectivity index is 2.17. The van der Waals surface area contributed by atoms with Gasteiger partial charge in [0.1, 0.15) is 0 Å². The summed E-state index contributed by atoms with van der Waals surface area (Å²) in [6.45, 7) is 5.64. The maximum Gasteiger partial charge on any atom is 0.159 e. The number of hydrogen-bond donors (Lipinski definition) is 1. The van der Waals surface area contributed by atoms with Crippen LogP contribution >= 0.6 is 0 Å². The van der Waals surface area contributed by atoms with Crippen molar-refractivity contribution in [2.24, 2.45) is 11.7 Å². The molecule has 1 aliphatic heterocycles. The lowest BCUT2D eigenvalue weighted by atomic mass is 9.98. The van der Waals surface area contributed by atoms with Crippen LogP contribution in [0.1, 0.15) is 43.3 Å². The van der Waals surface area contributed by atoms with Crippen molar-refractivity contribution in [3.05, 3.63) is 17.0 Å². The van der Waals surface area contributed by atoms with E-state index in [0.29, 0.717) is 12.5 Å². The standard InChI is InChI=1S/C11H18N2O2/c1-7(2)5-9(12)11-8-6-14-4-3-10(8)13-15-11/h7,9H,3-6,12H2,1-2H3/t9-/m1/s1. The zero-order valence-corrected chi connectivity index (χ0v) is 9.32. The van der Waals surface area contributed by atoms with Crippen molar-refractivity contribution < 1.29 is 9.26 Å². The first-order valence-corrected chi connectivity index (χ1v) is 5.49. The second kappa shape index (κ2) is 4.33. The van der Waals surface area contributed by atoms with E-state index in [2.05, 4.69) is 19.0 Å². The number of rotatable bonds is 3. The largest absolute Gasteiger partial charge is 0.376 e. The van der Waals surface area contributed by atoms with Crippen molar-refractivity contribution in [3.63, 3.8) is 0 Å². The predicted octanol–water partition coefficient (Wildman–Crippen LogP) is 1.79. The van der Waals surface area contributed by atoms with Crippen molar-refractivity contribution in [1.82, 2.24) is 5.16 Å². The Bertz CT molecular complexity index is 333. The van der Waals surface area contributed by atoms with Crippen molar-refractivity contribution in [3.8, 4) is 0 Å². The lowest BCUT2D eigenvalue weighted by Gasteiger charge is -2.15. The van der Waals surface area contributed by atoms with E-state index in [1.54, 1.807) is 0 Å². The van der Waals surface area contributed by atoms with Crippen LogP contribution in [0.4, 0.5) is 0 Å². The monoisotopic (exact) mass is 210 g/mol. The molecule has 0 radical (unpaired) electrons. The lowest BCUT2D eigenvalue weighted by Crippen LogP contribution is -2.16. The fourth-order valence-electron chi connectivity index (χ4n) is 1.96. The van der Waals surface area contributed by atoms with Crippen LogP contribution in [0.3, 0.4) is 0 Å². The second-order valence-electron chi connectivity index (χ2n) is 4.51. The number of ether oxygens (including phenoxy) is 1. The molecule has 0 saturated carbocycles. The molecule has 84 valence electrons. The summed E-state index contributed by atoms with van der Waals surface area (Å²) in [6, 6.07) is -0.0528. The highest BCUT2D eigenvalue weighted by atomic mass is 16.5. The summed E-state index contributed by atoms with van der Waals surface area (Å²) in [4.78, 5) is 0. The van der Waals surface area contributed by atoms with Crippen LogP contribution in [0.15, 0.2) is 4.52 Å². The van der Waals surface area contributed by atoms with Crippen molar-refractivity contribution >= 4 is 0 Å². The molecule has 15 heavy (non-hydrogen) atoms. The highest BCUT2D eigenvalue weighted by Gasteiger charge is 2.24. The fourth-order valence-corrected chi connectivity index (χ4v) is 1.96. The maximum absolute atomic E-state index is 6.08. The molecule has 1 aromatic heterocycles. The third kappa shape index (κ3) is 2.21. The second-order valence-corrected chi connectivity index (χ2v) is 4.51. The van der Waals surface area contributed by atoms with Crippen LogP contribution in [0.2, 0.25) is 0 Å². The average molecular weight is 210 g/mol. The quantitative estimate of drug-likeness (QED) is 0.826. The Morgan fingerprint density at radius 1 is 1.47 bits per heavy atom. The summed E-state index contributed by atoms with van der Waals surface area (Å²) >= 11 is 0. The molecule has 0 saturated heterocycles. The number of nitrogens with two attached hydrogens (primary N) is 1. The maximum atomic E-state index is 6.08. The number of hydrogen-bond acceptors (Lipinski definition) is 4. The van der Waals surface area contributed by atoms with E-state index in [-0.39, 0.29) is 6.04 Å². The molecule has 4 heteroatoms. The Morgan fingerprint density at radius 3 is 3.00 bits per heavy atom. The number of fused-ring (bicyclic) bond motifs is 1. The molecule has 4 nitrogen and oxygen atoms in total. The molecule has 0 spiro atoms. The summed E-state index contributed by atoms with van der Waals surface area (Å²) in [5.41, 5.74) is 8.18. The van der Waals surface area contributed by atoms with Gasteiger partial charge in [-0.05, 0) is 12.3 Å². The Morgan fingerprint density at radius 2 is 2.27 bits per heavy atom. The zero-order chi connectivity index (χ0) is 10.8. The first-order chi connectivity index (χ1) is 7.18. The molecule has 1 atom stereocenters. The Hall–Kier alpha value is -0.870. The van der Waals surface area contributed by atoms with E-state index < -0.39 is 0 Å². The Kier molecular flexibility index (Phi) is 3.07.